The van der Waals surface area contributed by atoms with E-state index in [1.165, 1.54) is 11.1 Å². The molecule has 0 spiro atoms. The number of rotatable bonds is 5. The van der Waals surface area contributed by atoms with Gasteiger partial charge in [0.2, 0.25) is 0 Å². The molecule has 0 unspecified atom stereocenters. The molecule has 3 aromatic carbocycles. The van der Waals surface area contributed by atoms with Crippen LogP contribution >= 0.6 is 0 Å². The number of nitrogens with one attached hydrogen (secondary N) is 1. The van der Waals surface area contributed by atoms with Crippen LogP contribution in [0.2, 0.25) is 0 Å². The minimum Gasteiger partial charge on any atom is -0.457 e. The second kappa shape index (κ2) is 7.47. The molecule has 0 bridgehead atoms. The lowest BCUT2D eigenvalue weighted by atomic mass is 10.1. The van der Waals surface area contributed by atoms with Crippen LogP contribution in [0.1, 0.15) is 16.7 Å². The van der Waals surface area contributed by atoms with Gasteiger partial charge in [-0.15, -0.1) is 0 Å². The standard InChI is InChI=1S/C21H20N2O/c1-16-12-17(2)14-21(13-16)24-20-10-8-18(9-11-20)15-22-23-19-6-4-3-5-7-19/h3-15,23H,1-2H3. The van der Waals surface area contributed by atoms with Gasteiger partial charge in [-0.2, -0.15) is 5.10 Å². The van der Waals surface area contributed by atoms with Crippen LogP contribution in [0.15, 0.2) is 77.9 Å². The molecule has 3 nitrogen and oxygen atoms in total. The van der Waals surface area contributed by atoms with E-state index in [1.807, 2.05) is 66.7 Å². The van der Waals surface area contributed by atoms with Gasteiger partial charge in [-0.05, 0) is 79.1 Å². The van der Waals surface area contributed by atoms with Crippen LogP contribution in [0, 0.1) is 13.8 Å². The lowest BCUT2D eigenvalue weighted by Gasteiger charge is -2.08. The van der Waals surface area contributed by atoms with Crippen LogP contribution < -0.4 is 10.2 Å². The summed E-state index contributed by atoms with van der Waals surface area (Å²) in [4.78, 5) is 0. The van der Waals surface area contributed by atoms with E-state index in [2.05, 4.69) is 30.4 Å². The first-order valence-electron chi connectivity index (χ1n) is 7.89. The van der Waals surface area contributed by atoms with Crippen LogP contribution in [0.4, 0.5) is 5.69 Å². The molecule has 0 amide bonds. The molecule has 0 saturated carbocycles. The predicted molar refractivity (Wildman–Crippen MR) is 100 cm³/mol. The molecule has 0 atom stereocenters. The number of hydrogen-bond acceptors (Lipinski definition) is 3. The molecule has 24 heavy (non-hydrogen) atoms. The van der Waals surface area contributed by atoms with Crippen LogP contribution in [0.25, 0.3) is 0 Å². The van der Waals surface area contributed by atoms with E-state index in [-0.39, 0.29) is 0 Å². The van der Waals surface area contributed by atoms with Crippen molar-refractivity contribution in [2.24, 2.45) is 5.10 Å². The maximum atomic E-state index is 5.91. The minimum atomic E-state index is 0.813. The van der Waals surface area contributed by atoms with Crippen molar-refractivity contribution in [2.45, 2.75) is 13.8 Å². The molecule has 0 aromatic heterocycles. The summed E-state index contributed by atoms with van der Waals surface area (Å²) in [5, 5.41) is 4.23. The average Bonchev–Trinajstić information content (AvgIpc) is 2.56. The molecule has 3 heteroatoms. The number of ether oxygens (including phenoxy) is 1. The summed E-state index contributed by atoms with van der Waals surface area (Å²) in [5.41, 5.74) is 7.36. The Kier molecular flexibility index (Phi) is 4.92. The van der Waals surface area contributed by atoms with Crippen LogP contribution in [0.3, 0.4) is 0 Å². The van der Waals surface area contributed by atoms with Gasteiger partial charge in [0, 0.05) is 0 Å². The normalized spacial score (nSPS) is 10.8. The summed E-state index contributed by atoms with van der Waals surface area (Å²) in [6.07, 6.45) is 1.79. The lowest BCUT2D eigenvalue weighted by molar-refractivity contribution is 0.482. The Morgan fingerprint density at radius 1 is 0.792 bits per heavy atom. The third kappa shape index (κ3) is 4.46. The fourth-order valence-electron chi connectivity index (χ4n) is 2.44. The molecular formula is C21H20N2O. The number of benzene rings is 3. The zero-order valence-corrected chi connectivity index (χ0v) is 13.9. The minimum absolute atomic E-state index is 0.813. The molecule has 3 aromatic rings. The molecule has 0 fully saturated rings. The topological polar surface area (TPSA) is 33.6 Å². The van der Waals surface area contributed by atoms with Crippen molar-refractivity contribution in [3.8, 4) is 11.5 Å². The van der Waals surface area contributed by atoms with Gasteiger partial charge in [0.05, 0.1) is 11.9 Å². The quantitative estimate of drug-likeness (QED) is 0.495. The highest BCUT2D eigenvalue weighted by Gasteiger charge is 1.99. The van der Waals surface area contributed by atoms with Gasteiger partial charge in [-0.1, -0.05) is 24.3 Å². The van der Waals surface area contributed by atoms with Crippen LogP contribution in [-0.4, -0.2) is 6.21 Å². The Morgan fingerprint density at radius 3 is 2.12 bits per heavy atom. The number of hydrazone groups is 1. The Labute approximate surface area is 142 Å². The zero-order valence-electron chi connectivity index (χ0n) is 13.9. The Morgan fingerprint density at radius 2 is 1.46 bits per heavy atom. The number of para-hydroxylation sites is 1. The van der Waals surface area contributed by atoms with Crippen molar-refractivity contribution in [1.29, 1.82) is 0 Å². The van der Waals surface area contributed by atoms with Gasteiger partial charge >= 0.3 is 0 Å². The van der Waals surface area contributed by atoms with Gasteiger partial charge in [0.25, 0.3) is 0 Å². The Bertz CT molecular complexity index is 804. The largest absolute Gasteiger partial charge is 0.457 e. The highest BCUT2D eigenvalue weighted by molar-refractivity contribution is 5.80. The summed E-state index contributed by atoms with van der Waals surface area (Å²) in [6.45, 7) is 4.14. The maximum Gasteiger partial charge on any atom is 0.127 e. The van der Waals surface area contributed by atoms with Crippen molar-refractivity contribution in [1.82, 2.24) is 0 Å². The third-order valence-corrected chi connectivity index (χ3v) is 3.49. The first kappa shape index (κ1) is 15.8. The molecule has 0 aliphatic carbocycles. The van der Waals surface area contributed by atoms with Crippen LogP contribution in [0.5, 0.6) is 11.5 Å². The van der Waals surface area contributed by atoms with Gasteiger partial charge in [-0.25, -0.2) is 0 Å². The van der Waals surface area contributed by atoms with E-state index >= 15 is 0 Å². The van der Waals surface area contributed by atoms with E-state index in [0.29, 0.717) is 0 Å². The maximum absolute atomic E-state index is 5.91. The van der Waals surface area contributed by atoms with Crippen LogP contribution in [-0.2, 0) is 0 Å². The van der Waals surface area contributed by atoms with E-state index in [0.717, 1.165) is 22.7 Å². The van der Waals surface area contributed by atoms with Crippen molar-refractivity contribution in [2.75, 3.05) is 5.43 Å². The van der Waals surface area contributed by atoms with E-state index in [4.69, 9.17) is 4.74 Å². The molecule has 0 aliphatic heterocycles. The summed E-state index contributed by atoms with van der Waals surface area (Å²) in [5.74, 6) is 1.67. The molecular weight excluding hydrogens is 296 g/mol. The van der Waals surface area contributed by atoms with Gasteiger partial charge in [-0.3, -0.25) is 5.43 Å². The summed E-state index contributed by atoms with van der Waals surface area (Å²) in [6, 6.07) is 23.9. The molecule has 1 N–H and O–H groups in total. The smallest absolute Gasteiger partial charge is 0.127 e. The second-order valence-electron chi connectivity index (χ2n) is 5.73. The number of aryl methyl sites for hydroxylation is 2. The Hall–Kier alpha value is -3.07. The highest BCUT2D eigenvalue weighted by atomic mass is 16.5. The molecule has 0 saturated heterocycles. The number of hydrogen-bond donors (Lipinski definition) is 1. The molecule has 0 aliphatic rings. The molecule has 120 valence electrons. The predicted octanol–water partition coefficient (Wildman–Crippen LogP) is 5.54. The van der Waals surface area contributed by atoms with E-state index in [9.17, 15) is 0 Å². The molecule has 0 heterocycles. The SMILES string of the molecule is Cc1cc(C)cc(Oc2ccc(C=NNc3ccccc3)cc2)c1. The summed E-state index contributed by atoms with van der Waals surface area (Å²) in [7, 11) is 0. The second-order valence-corrected chi connectivity index (χ2v) is 5.73. The van der Waals surface area contributed by atoms with Gasteiger partial charge < -0.3 is 4.74 Å². The third-order valence-electron chi connectivity index (χ3n) is 3.49. The van der Waals surface area contributed by atoms with Gasteiger partial charge in [0.15, 0.2) is 0 Å². The fourth-order valence-corrected chi connectivity index (χ4v) is 2.44. The molecule has 0 radical (unpaired) electrons. The summed E-state index contributed by atoms with van der Waals surface area (Å²) < 4.78 is 5.91. The van der Waals surface area contributed by atoms with E-state index < -0.39 is 0 Å². The zero-order chi connectivity index (χ0) is 16.8. The summed E-state index contributed by atoms with van der Waals surface area (Å²) >= 11 is 0. The highest BCUT2D eigenvalue weighted by Crippen LogP contribution is 2.23. The molecule has 3 rings (SSSR count). The monoisotopic (exact) mass is 316 g/mol. The van der Waals surface area contributed by atoms with Gasteiger partial charge in [0.1, 0.15) is 11.5 Å². The first-order valence-corrected chi connectivity index (χ1v) is 7.89. The number of anilines is 1. The number of nitrogens with zero attached hydrogens (tertiary/aromatic N) is 1. The fraction of sp³-hybridized carbons (Fsp3) is 0.0952. The van der Waals surface area contributed by atoms with E-state index in [1.54, 1.807) is 6.21 Å². The lowest BCUT2D eigenvalue weighted by Crippen LogP contribution is -1.91. The average molecular weight is 316 g/mol. The van der Waals surface area contributed by atoms with Crippen molar-refractivity contribution < 1.29 is 4.74 Å². The van der Waals surface area contributed by atoms with Crippen molar-refractivity contribution in [3.05, 3.63) is 89.5 Å². The Balaban J connectivity index is 1.62. The first-order chi connectivity index (χ1) is 11.7. The van der Waals surface area contributed by atoms with Crippen molar-refractivity contribution >= 4 is 11.9 Å². The van der Waals surface area contributed by atoms with Crippen molar-refractivity contribution in [3.63, 3.8) is 0 Å².